The smallest absolute Gasteiger partial charge is 0.103 e. The average molecular weight is 567 g/mol. The summed E-state index contributed by atoms with van der Waals surface area (Å²) in [6.45, 7) is 0. The number of nitrogens with zero attached hydrogens (tertiary/aromatic N) is 10. The first kappa shape index (κ1) is 24.6. The van der Waals surface area contributed by atoms with Crippen LogP contribution in [-0.2, 0) is 16.6 Å². The van der Waals surface area contributed by atoms with Gasteiger partial charge in [0.15, 0.2) is 0 Å². The van der Waals surface area contributed by atoms with E-state index in [4.69, 9.17) is 15.3 Å². The number of rotatable bonds is 6. The largest absolute Gasteiger partial charge is 0.269 e. The minimum absolute atomic E-state index is 0.295. The molecule has 10 heteroatoms. The van der Waals surface area contributed by atoms with Gasteiger partial charge in [-0.15, -0.1) is 15.3 Å². The first-order valence-corrected chi connectivity index (χ1v) is 15.0. The minimum atomic E-state index is -0.295. The van der Waals surface area contributed by atoms with Gasteiger partial charge in [0.25, 0.3) is 0 Å². The fraction of sp³-hybridized carbons (Fsp3) is 0.273. The standard InChI is InChI=1S/C33H30N10/c1-4-10-25(11-5-1)40-22-28(34-37-40)31-16-18-32(29-23-41(38-35-29)26-12-6-2-7-13-26)20-21-33(19-17-31,43(31)32)30-24-42(39-36-30)27-14-8-3-9-15-27/h1-15,22-24H,16-21H2. The summed E-state index contributed by atoms with van der Waals surface area (Å²) in [4.78, 5) is 2.73. The second kappa shape index (κ2) is 9.02. The highest BCUT2D eigenvalue weighted by molar-refractivity contribution is 5.40. The molecule has 9 rings (SSSR count). The highest BCUT2D eigenvalue weighted by Gasteiger charge is 2.73. The van der Waals surface area contributed by atoms with Crippen molar-refractivity contribution in [3.05, 3.63) is 127 Å². The van der Waals surface area contributed by atoms with Crippen LogP contribution in [0.3, 0.4) is 0 Å². The highest BCUT2D eigenvalue weighted by Crippen LogP contribution is 2.71. The van der Waals surface area contributed by atoms with E-state index in [2.05, 4.69) is 75.5 Å². The van der Waals surface area contributed by atoms with Gasteiger partial charge in [-0.1, -0.05) is 70.2 Å². The van der Waals surface area contributed by atoms with Crippen LogP contribution in [0.2, 0.25) is 0 Å². The Morgan fingerprint density at radius 3 is 0.953 bits per heavy atom. The molecule has 3 aromatic carbocycles. The number of benzene rings is 3. The van der Waals surface area contributed by atoms with Crippen LogP contribution in [0, 0.1) is 0 Å². The Morgan fingerprint density at radius 1 is 0.395 bits per heavy atom. The predicted octanol–water partition coefficient (Wildman–Crippen LogP) is 5.10. The van der Waals surface area contributed by atoms with Gasteiger partial charge in [0.05, 0.1) is 52.3 Å². The molecule has 0 radical (unpaired) electrons. The van der Waals surface area contributed by atoms with E-state index >= 15 is 0 Å². The summed E-state index contributed by atoms with van der Waals surface area (Å²) < 4.78 is 5.70. The lowest BCUT2D eigenvalue weighted by Gasteiger charge is -2.43. The van der Waals surface area contributed by atoms with Crippen molar-refractivity contribution in [1.29, 1.82) is 0 Å². The van der Waals surface area contributed by atoms with Crippen molar-refractivity contribution in [2.75, 3.05) is 0 Å². The second-order valence-electron chi connectivity index (χ2n) is 12.1. The third-order valence-electron chi connectivity index (χ3n) is 10.1. The van der Waals surface area contributed by atoms with Crippen LogP contribution >= 0.6 is 0 Å². The van der Waals surface area contributed by atoms with Crippen LogP contribution in [0.1, 0.15) is 55.6 Å². The van der Waals surface area contributed by atoms with Crippen LogP contribution in [0.25, 0.3) is 17.1 Å². The summed E-state index contributed by atoms with van der Waals surface area (Å²) in [6, 6.07) is 30.6. The molecule has 3 saturated heterocycles. The van der Waals surface area contributed by atoms with Crippen LogP contribution in [0.4, 0.5) is 0 Å². The van der Waals surface area contributed by atoms with E-state index < -0.39 is 0 Å². The number of hydrogen-bond acceptors (Lipinski definition) is 7. The van der Waals surface area contributed by atoms with Crippen molar-refractivity contribution in [3.63, 3.8) is 0 Å². The second-order valence-corrected chi connectivity index (χ2v) is 12.1. The number of hydrogen-bond donors (Lipinski definition) is 0. The van der Waals surface area contributed by atoms with Crippen LogP contribution in [-0.4, -0.2) is 49.9 Å². The Bertz CT molecular complexity index is 1670. The van der Waals surface area contributed by atoms with Gasteiger partial charge in [-0.05, 0) is 74.9 Å². The maximum atomic E-state index is 4.85. The number of para-hydroxylation sites is 3. The summed E-state index contributed by atoms with van der Waals surface area (Å²) in [5, 5.41) is 28.4. The fourth-order valence-electron chi connectivity index (χ4n) is 8.18. The number of aromatic nitrogens is 9. The topological polar surface area (TPSA) is 95.4 Å². The van der Waals surface area contributed by atoms with E-state index in [1.807, 2.05) is 68.6 Å². The summed E-state index contributed by atoms with van der Waals surface area (Å²) in [5.74, 6) is 0. The van der Waals surface area contributed by atoms with E-state index in [1.54, 1.807) is 0 Å². The molecule has 0 amide bonds. The molecule has 212 valence electrons. The molecule has 3 aliphatic heterocycles. The van der Waals surface area contributed by atoms with Crippen molar-refractivity contribution in [3.8, 4) is 17.1 Å². The molecule has 6 heterocycles. The van der Waals surface area contributed by atoms with Gasteiger partial charge in [-0.3, -0.25) is 4.90 Å². The maximum Gasteiger partial charge on any atom is 0.103 e. The molecule has 3 fully saturated rings. The van der Waals surface area contributed by atoms with Crippen LogP contribution in [0.15, 0.2) is 110 Å². The molecule has 3 aliphatic rings. The lowest BCUT2D eigenvalue weighted by Crippen LogP contribution is -2.51. The normalized spacial score (nSPS) is 26.2. The van der Waals surface area contributed by atoms with Crippen molar-refractivity contribution >= 4 is 0 Å². The monoisotopic (exact) mass is 566 g/mol. The van der Waals surface area contributed by atoms with E-state index in [-0.39, 0.29) is 16.6 Å². The molecular formula is C33H30N10. The quantitative estimate of drug-likeness (QED) is 0.277. The van der Waals surface area contributed by atoms with E-state index in [0.717, 1.165) is 72.7 Å². The minimum Gasteiger partial charge on any atom is -0.269 e. The SMILES string of the molecule is c1ccc(-n2cc(C34CCC5(c6cn(-c7ccccc7)nn6)CCC(c6cn(-c7ccccc7)nn6)(CC3)N45)nn2)cc1. The third-order valence-corrected chi connectivity index (χ3v) is 10.1. The molecule has 0 saturated carbocycles. The molecule has 43 heavy (non-hydrogen) atoms. The molecule has 0 atom stereocenters. The van der Waals surface area contributed by atoms with Gasteiger partial charge in [0, 0.05) is 0 Å². The fourth-order valence-corrected chi connectivity index (χ4v) is 8.18. The summed E-state index contributed by atoms with van der Waals surface area (Å²) >= 11 is 0. The molecule has 10 nitrogen and oxygen atoms in total. The zero-order chi connectivity index (χ0) is 28.5. The lowest BCUT2D eigenvalue weighted by molar-refractivity contribution is 0.0175. The summed E-state index contributed by atoms with van der Waals surface area (Å²) in [6.07, 6.45) is 12.2. The first-order valence-electron chi connectivity index (χ1n) is 15.0. The van der Waals surface area contributed by atoms with E-state index in [1.165, 1.54) is 0 Å². The highest BCUT2D eigenvalue weighted by atomic mass is 15.5. The zero-order valence-electron chi connectivity index (χ0n) is 23.6. The van der Waals surface area contributed by atoms with Crippen molar-refractivity contribution < 1.29 is 0 Å². The van der Waals surface area contributed by atoms with Gasteiger partial charge in [0.1, 0.15) is 17.1 Å². The van der Waals surface area contributed by atoms with Gasteiger partial charge in [-0.25, -0.2) is 14.0 Å². The zero-order valence-corrected chi connectivity index (χ0v) is 23.6. The van der Waals surface area contributed by atoms with Crippen molar-refractivity contribution in [2.24, 2.45) is 0 Å². The Morgan fingerprint density at radius 2 is 0.674 bits per heavy atom. The Balaban J connectivity index is 1.18. The van der Waals surface area contributed by atoms with Gasteiger partial charge < -0.3 is 0 Å². The molecule has 0 bridgehead atoms. The molecular weight excluding hydrogens is 536 g/mol. The van der Waals surface area contributed by atoms with Gasteiger partial charge >= 0.3 is 0 Å². The van der Waals surface area contributed by atoms with E-state index in [9.17, 15) is 0 Å². The van der Waals surface area contributed by atoms with E-state index in [0.29, 0.717) is 0 Å². The third kappa shape index (κ3) is 3.44. The molecule has 6 aromatic rings. The summed E-state index contributed by atoms with van der Waals surface area (Å²) in [7, 11) is 0. The maximum absolute atomic E-state index is 4.85. The van der Waals surface area contributed by atoms with Crippen molar-refractivity contribution in [1.82, 2.24) is 49.9 Å². The summed E-state index contributed by atoms with van der Waals surface area (Å²) in [5.41, 5.74) is 5.15. The Kier molecular flexibility index (Phi) is 5.16. The van der Waals surface area contributed by atoms with Crippen molar-refractivity contribution in [2.45, 2.75) is 55.1 Å². The first-order chi connectivity index (χ1) is 21.2. The van der Waals surface area contributed by atoms with Crippen LogP contribution < -0.4 is 0 Å². The van der Waals surface area contributed by atoms with Crippen LogP contribution in [0.5, 0.6) is 0 Å². The molecule has 0 aliphatic carbocycles. The van der Waals surface area contributed by atoms with Gasteiger partial charge in [-0.2, -0.15) is 0 Å². The lowest BCUT2D eigenvalue weighted by atomic mass is 9.89. The molecule has 0 unspecified atom stereocenters. The molecule has 0 spiro atoms. The predicted molar refractivity (Wildman–Crippen MR) is 159 cm³/mol. The molecule has 0 N–H and O–H groups in total. The Hall–Kier alpha value is -4.96. The average Bonchev–Trinajstić information content (AvgIpc) is 3.91. The van der Waals surface area contributed by atoms with Gasteiger partial charge in [0.2, 0.25) is 0 Å². The Labute approximate surface area is 248 Å². The molecule has 3 aromatic heterocycles.